The Morgan fingerprint density at radius 2 is 2.03 bits per heavy atom. The molecular formula is C23H25F2N7O. The van der Waals surface area contributed by atoms with Gasteiger partial charge in [-0.25, -0.2) is 18.3 Å². The van der Waals surface area contributed by atoms with E-state index >= 15 is 0 Å². The molecule has 1 N–H and O–H groups in total. The van der Waals surface area contributed by atoms with E-state index in [1.807, 2.05) is 14.1 Å². The molecule has 1 atom stereocenters. The third kappa shape index (κ3) is 5.40. The fraction of sp³-hybridized carbons (Fsp3) is 0.304. The predicted octanol–water partition coefficient (Wildman–Crippen LogP) is 3.97. The lowest BCUT2D eigenvalue weighted by atomic mass is 10.1. The Bertz CT molecular complexity index is 1240. The van der Waals surface area contributed by atoms with Gasteiger partial charge < -0.3 is 15.0 Å². The van der Waals surface area contributed by atoms with Gasteiger partial charge in [0.1, 0.15) is 17.5 Å². The van der Waals surface area contributed by atoms with Gasteiger partial charge in [0.2, 0.25) is 0 Å². The highest BCUT2D eigenvalue weighted by Gasteiger charge is 2.17. The van der Waals surface area contributed by atoms with Crippen molar-refractivity contribution in [2.45, 2.75) is 19.4 Å². The lowest BCUT2D eigenvalue weighted by molar-refractivity contribution is 0.264. The zero-order valence-corrected chi connectivity index (χ0v) is 18.7. The Hall–Kier alpha value is -3.66. The minimum absolute atomic E-state index is 0.191. The van der Waals surface area contributed by atoms with Crippen molar-refractivity contribution >= 4 is 11.5 Å². The van der Waals surface area contributed by atoms with Crippen LogP contribution in [-0.2, 0) is 0 Å². The van der Waals surface area contributed by atoms with Crippen LogP contribution in [0.1, 0.15) is 24.9 Å². The van der Waals surface area contributed by atoms with Gasteiger partial charge in [-0.3, -0.25) is 0 Å². The minimum atomic E-state index is -0.628. The van der Waals surface area contributed by atoms with Crippen LogP contribution in [0.5, 0.6) is 6.01 Å². The van der Waals surface area contributed by atoms with Crippen molar-refractivity contribution in [3.05, 3.63) is 66.1 Å². The van der Waals surface area contributed by atoms with Crippen LogP contribution in [0.2, 0.25) is 0 Å². The molecule has 0 amide bonds. The molecule has 33 heavy (non-hydrogen) atoms. The molecule has 0 aliphatic rings. The molecule has 3 heterocycles. The summed E-state index contributed by atoms with van der Waals surface area (Å²) in [5.74, 6) is -0.813. The highest BCUT2D eigenvalue weighted by atomic mass is 19.1. The summed E-state index contributed by atoms with van der Waals surface area (Å²) < 4.78 is 35.0. The molecule has 3 aromatic heterocycles. The van der Waals surface area contributed by atoms with Crippen LogP contribution < -0.4 is 10.1 Å². The molecule has 0 aliphatic carbocycles. The highest BCUT2D eigenvalue weighted by molar-refractivity contribution is 5.75. The van der Waals surface area contributed by atoms with E-state index in [9.17, 15) is 8.78 Å². The Morgan fingerprint density at radius 3 is 2.82 bits per heavy atom. The van der Waals surface area contributed by atoms with Crippen LogP contribution in [0.15, 0.2) is 48.9 Å². The zero-order valence-electron chi connectivity index (χ0n) is 18.7. The maximum Gasteiger partial charge on any atom is 0.318 e. The molecule has 0 bridgehead atoms. The van der Waals surface area contributed by atoms with Crippen molar-refractivity contribution in [1.29, 1.82) is 0 Å². The summed E-state index contributed by atoms with van der Waals surface area (Å²) in [6.45, 7) is 3.08. The molecule has 0 saturated carbocycles. The summed E-state index contributed by atoms with van der Waals surface area (Å²) in [6.07, 6.45) is 5.95. The van der Waals surface area contributed by atoms with Crippen LogP contribution in [0.3, 0.4) is 0 Å². The number of aromatic nitrogens is 5. The molecule has 0 saturated heterocycles. The number of halogens is 2. The Morgan fingerprint density at radius 1 is 1.18 bits per heavy atom. The van der Waals surface area contributed by atoms with Crippen LogP contribution in [-0.4, -0.2) is 56.7 Å². The van der Waals surface area contributed by atoms with Crippen LogP contribution >= 0.6 is 0 Å². The van der Waals surface area contributed by atoms with Gasteiger partial charge in [0.15, 0.2) is 5.65 Å². The highest BCUT2D eigenvalue weighted by Crippen LogP contribution is 2.28. The lowest BCUT2D eigenvalue weighted by Crippen LogP contribution is -2.16. The van der Waals surface area contributed by atoms with Crippen molar-refractivity contribution in [3.63, 3.8) is 0 Å². The second-order valence-electron chi connectivity index (χ2n) is 7.90. The van der Waals surface area contributed by atoms with Crippen LogP contribution in [0.25, 0.3) is 16.9 Å². The van der Waals surface area contributed by atoms with Crippen LogP contribution in [0, 0.1) is 11.6 Å². The molecule has 10 heteroatoms. The van der Waals surface area contributed by atoms with Crippen molar-refractivity contribution in [1.82, 2.24) is 29.5 Å². The SMILES string of the molecule is C[C@H](Nc1cc(-c2cnn3cccnc23)nc(OCCCN(C)C)n1)c1ccc(F)cc1F. The molecular weight excluding hydrogens is 428 g/mol. The molecule has 8 nitrogen and oxygen atoms in total. The third-order valence-electron chi connectivity index (χ3n) is 5.04. The van der Waals surface area contributed by atoms with Gasteiger partial charge in [-0.15, -0.1) is 0 Å². The van der Waals surface area contributed by atoms with Gasteiger partial charge in [-0.05, 0) is 39.6 Å². The van der Waals surface area contributed by atoms with Gasteiger partial charge in [0.25, 0.3) is 0 Å². The first-order valence-corrected chi connectivity index (χ1v) is 10.6. The summed E-state index contributed by atoms with van der Waals surface area (Å²) in [6, 6.07) is 6.74. The number of nitrogens with one attached hydrogen (secondary N) is 1. The fourth-order valence-corrected chi connectivity index (χ4v) is 3.41. The quantitative estimate of drug-likeness (QED) is 0.384. The van der Waals surface area contributed by atoms with Crippen molar-refractivity contribution in [3.8, 4) is 17.3 Å². The number of anilines is 1. The van der Waals surface area contributed by atoms with E-state index in [2.05, 4.69) is 30.3 Å². The number of hydrogen-bond donors (Lipinski definition) is 1. The number of ether oxygens (including phenoxy) is 1. The first kappa shape index (κ1) is 22.5. The number of hydrogen-bond acceptors (Lipinski definition) is 7. The Kier molecular flexibility index (Phi) is 6.74. The molecule has 0 spiro atoms. The van der Waals surface area contributed by atoms with Gasteiger partial charge in [0.05, 0.1) is 30.1 Å². The number of rotatable bonds is 9. The number of benzene rings is 1. The predicted molar refractivity (Wildman–Crippen MR) is 121 cm³/mol. The van der Waals surface area contributed by atoms with Gasteiger partial charge >= 0.3 is 6.01 Å². The first-order valence-electron chi connectivity index (χ1n) is 10.6. The second kappa shape index (κ2) is 9.86. The van der Waals surface area contributed by atoms with E-state index in [0.29, 0.717) is 34.9 Å². The second-order valence-corrected chi connectivity index (χ2v) is 7.90. The summed E-state index contributed by atoms with van der Waals surface area (Å²) in [7, 11) is 3.99. The Balaban J connectivity index is 1.65. The first-order chi connectivity index (χ1) is 15.9. The van der Waals surface area contributed by atoms with Crippen molar-refractivity contribution in [2.24, 2.45) is 0 Å². The molecule has 172 valence electrons. The summed E-state index contributed by atoms with van der Waals surface area (Å²) in [4.78, 5) is 15.5. The number of fused-ring (bicyclic) bond motifs is 1. The molecule has 1 aromatic carbocycles. The van der Waals surface area contributed by atoms with E-state index < -0.39 is 17.7 Å². The van der Waals surface area contributed by atoms with Gasteiger partial charge in [-0.1, -0.05) is 6.07 Å². The van der Waals surface area contributed by atoms with Crippen molar-refractivity contribution < 1.29 is 13.5 Å². The number of nitrogens with zero attached hydrogens (tertiary/aromatic N) is 6. The monoisotopic (exact) mass is 453 g/mol. The average molecular weight is 453 g/mol. The van der Waals surface area contributed by atoms with Gasteiger partial charge in [-0.2, -0.15) is 15.1 Å². The minimum Gasteiger partial charge on any atom is -0.463 e. The van der Waals surface area contributed by atoms with E-state index in [0.717, 1.165) is 19.0 Å². The molecule has 4 rings (SSSR count). The van der Waals surface area contributed by atoms with Crippen molar-refractivity contribution in [2.75, 3.05) is 32.6 Å². The summed E-state index contributed by atoms with van der Waals surface area (Å²) in [5.41, 5.74) is 2.23. The third-order valence-corrected chi connectivity index (χ3v) is 5.04. The molecule has 0 fully saturated rings. The van der Waals surface area contributed by atoms with E-state index in [-0.39, 0.29) is 6.01 Å². The maximum atomic E-state index is 14.3. The zero-order chi connectivity index (χ0) is 23.4. The maximum absolute atomic E-state index is 14.3. The van der Waals surface area contributed by atoms with E-state index in [1.165, 1.54) is 12.1 Å². The average Bonchev–Trinajstić information content (AvgIpc) is 3.20. The molecule has 0 aliphatic heterocycles. The summed E-state index contributed by atoms with van der Waals surface area (Å²) >= 11 is 0. The standard InChI is InChI=1S/C23H25F2N7O/c1-15(17-7-6-16(24)12-19(17)25)28-21-13-20(18-14-27-32-10-4-8-26-22(18)32)29-23(30-21)33-11-5-9-31(2)3/h4,6-8,10,12-15H,5,9,11H2,1-3H3,(H,28,29,30)/t15-/m0/s1. The van der Waals surface area contributed by atoms with E-state index in [4.69, 9.17) is 4.74 Å². The Labute approximate surface area is 190 Å². The molecule has 0 radical (unpaired) electrons. The largest absolute Gasteiger partial charge is 0.463 e. The van der Waals surface area contributed by atoms with Crippen LogP contribution in [0.4, 0.5) is 14.6 Å². The van der Waals surface area contributed by atoms with Gasteiger partial charge in [0, 0.05) is 36.6 Å². The smallest absolute Gasteiger partial charge is 0.318 e. The van der Waals surface area contributed by atoms with E-state index in [1.54, 1.807) is 42.2 Å². The molecule has 0 unspecified atom stereocenters. The molecule has 4 aromatic rings. The summed E-state index contributed by atoms with van der Waals surface area (Å²) in [5, 5.41) is 7.49. The normalized spacial score (nSPS) is 12.3. The topological polar surface area (TPSA) is 80.5 Å². The lowest BCUT2D eigenvalue weighted by Gasteiger charge is -2.17. The fourth-order valence-electron chi connectivity index (χ4n) is 3.41.